The highest BCUT2D eigenvalue weighted by molar-refractivity contribution is 14.1. The van der Waals surface area contributed by atoms with Gasteiger partial charge in [-0.1, -0.05) is 19.1 Å². The first-order chi connectivity index (χ1) is 9.70. The van der Waals surface area contributed by atoms with Crippen molar-refractivity contribution in [1.29, 1.82) is 0 Å². The van der Waals surface area contributed by atoms with Crippen LogP contribution >= 0.6 is 22.6 Å². The van der Waals surface area contributed by atoms with E-state index < -0.39 is 0 Å². The zero-order chi connectivity index (χ0) is 14.4. The van der Waals surface area contributed by atoms with Gasteiger partial charge in [0.15, 0.2) is 0 Å². The van der Waals surface area contributed by atoms with Crippen molar-refractivity contribution in [2.24, 2.45) is 5.10 Å². The molecule has 0 radical (unpaired) electrons. The fourth-order valence-electron chi connectivity index (χ4n) is 1.68. The van der Waals surface area contributed by atoms with Gasteiger partial charge in [-0.3, -0.25) is 9.78 Å². The average Bonchev–Trinajstić information content (AvgIpc) is 2.50. The molecular formula is C15H14IN3O. The molecule has 1 N–H and O–H groups in total. The van der Waals surface area contributed by atoms with E-state index >= 15 is 0 Å². The van der Waals surface area contributed by atoms with Crippen molar-refractivity contribution in [3.63, 3.8) is 0 Å². The molecule has 5 heteroatoms. The summed E-state index contributed by atoms with van der Waals surface area (Å²) in [7, 11) is 0. The highest BCUT2D eigenvalue weighted by atomic mass is 127. The maximum atomic E-state index is 11.9. The molecule has 0 saturated heterocycles. The van der Waals surface area contributed by atoms with Crippen LogP contribution in [0.25, 0.3) is 0 Å². The van der Waals surface area contributed by atoms with Crippen LogP contribution in [-0.2, 0) is 0 Å². The third-order valence-corrected chi connectivity index (χ3v) is 3.47. The molecule has 0 spiro atoms. The number of benzene rings is 1. The molecule has 0 saturated carbocycles. The van der Waals surface area contributed by atoms with Crippen molar-refractivity contribution >= 4 is 34.2 Å². The molecule has 0 atom stereocenters. The summed E-state index contributed by atoms with van der Waals surface area (Å²) in [5.41, 5.74) is 4.99. The first-order valence-electron chi connectivity index (χ1n) is 6.23. The van der Waals surface area contributed by atoms with Crippen molar-refractivity contribution in [1.82, 2.24) is 10.4 Å². The Morgan fingerprint density at radius 1 is 1.15 bits per heavy atom. The zero-order valence-electron chi connectivity index (χ0n) is 11.0. The van der Waals surface area contributed by atoms with E-state index in [1.54, 1.807) is 24.5 Å². The monoisotopic (exact) mass is 379 g/mol. The number of halogens is 1. The molecule has 102 valence electrons. The van der Waals surface area contributed by atoms with Crippen molar-refractivity contribution in [2.75, 3.05) is 0 Å². The van der Waals surface area contributed by atoms with Crippen LogP contribution in [-0.4, -0.2) is 16.6 Å². The first kappa shape index (κ1) is 14.6. The molecule has 2 rings (SSSR count). The quantitative estimate of drug-likeness (QED) is 0.504. The van der Waals surface area contributed by atoms with Gasteiger partial charge < -0.3 is 0 Å². The minimum absolute atomic E-state index is 0.233. The maximum absolute atomic E-state index is 11.9. The summed E-state index contributed by atoms with van der Waals surface area (Å²) < 4.78 is 1.17. The lowest BCUT2D eigenvalue weighted by molar-refractivity contribution is 0.0954. The number of carbonyl (C=O) groups is 1. The third-order valence-electron chi connectivity index (χ3n) is 2.75. The number of aromatic nitrogens is 1. The number of carbonyl (C=O) groups excluding carboxylic acids is 1. The highest BCUT2D eigenvalue weighted by Crippen LogP contribution is 2.09. The second-order valence-corrected chi connectivity index (χ2v) is 5.34. The standard InChI is InChI=1S/C15H14IN3O/c1-2-14(11-3-5-13(16)6-4-11)18-19-15(20)12-7-9-17-10-8-12/h3-10H,2H2,1H3,(H,19,20)/b18-14+. The summed E-state index contributed by atoms with van der Waals surface area (Å²) in [5.74, 6) is -0.233. The van der Waals surface area contributed by atoms with Crippen molar-refractivity contribution in [3.05, 3.63) is 63.5 Å². The predicted molar refractivity (Wildman–Crippen MR) is 87.7 cm³/mol. The molecular weight excluding hydrogens is 365 g/mol. The molecule has 0 bridgehead atoms. The van der Waals surface area contributed by atoms with E-state index in [9.17, 15) is 4.79 Å². The Kier molecular flexibility index (Phi) is 5.23. The number of pyridine rings is 1. The van der Waals surface area contributed by atoms with Crippen LogP contribution in [0.3, 0.4) is 0 Å². The Bertz CT molecular complexity index is 609. The van der Waals surface area contributed by atoms with Crippen LogP contribution < -0.4 is 5.43 Å². The molecule has 0 aliphatic heterocycles. The van der Waals surface area contributed by atoms with E-state index in [1.807, 2.05) is 31.2 Å². The number of amides is 1. The van der Waals surface area contributed by atoms with E-state index in [1.165, 1.54) is 3.57 Å². The van der Waals surface area contributed by atoms with E-state index in [0.29, 0.717) is 5.56 Å². The van der Waals surface area contributed by atoms with Gasteiger partial charge in [0.05, 0.1) is 5.71 Å². The van der Waals surface area contributed by atoms with E-state index in [4.69, 9.17) is 0 Å². The molecule has 0 unspecified atom stereocenters. The molecule has 0 fully saturated rings. The van der Waals surface area contributed by atoms with Crippen molar-refractivity contribution < 1.29 is 4.79 Å². The molecule has 0 aliphatic rings. The third kappa shape index (κ3) is 3.86. The molecule has 1 aromatic heterocycles. The minimum atomic E-state index is -0.233. The van der Waals surface area contributed by atoms with Gasteiger partial charge in [-0.05, 0) is 58.8 Å². The van der Waals surface area contributed by atoms with Gasteiger partial charge in [-0.25, -0.2) is 5.43 Å². The number of rotatable bonds is 4. The summed E-state index contributed by atoms with van der Waals surface area (Å²) in [6.07, 6.45) is 3.91. The van der Waals surface area contributed by atoms with E-state index in [-0.39, 0.29) is 5.91 Å². The summed E-state index contributed by atoms with van der Waals surface area (Å²) in [4.78, 5) is 15.8. The number of hydrazone groups is 1. The fraction of sp³-hybridized carbons (Fsp3) is 0.133. The minimum Gasteiger partial charge on any atom is -0.267 e. The second kappa shape index (κ2) is 7.14. The summed E-state index contributed by atoms with van der Waals surface area (Å²) in [6, 6.07) is 11.4. The van der Waals surface area contributed by atoms with Crippen molar-refractivity contribution in [2.45, 2.75) is 13.3 Å². The molecule has 1 aromatic carbocycles. The number of hydrogen-bond donors (Lipinski definition) is 1. The van der Waals surface area contributed by atoms with Crippen LogP contribution in [0.4, 0.5) is 0 Å². The normalized spacial score (nSPS) is 11.2. The molecule has 4 nitrogen and oxygen atoms in total. The van der Waals surface area contributed by atoms with Crippen molar-refractivity contribution in [3.8, 4) is 0 Å². The van der Waals surface area contributed by atoms with Gasteiger partial charge in [-0.2, -0.15) is 5.10 Å². The lowest BCUT2D eigenvalue weighted by Crippen LogP contribution is -2.20. The van der Waals surface area contributed by atoms with E-state index in [0.717, 1.165) is 17.7 Å². The summed E-state index contributed by atoms with van der Waals surface area (Å²) >= 11 is 2.26. The van der Waals surface area contributed by atoms with Crippen LogP contribution in [0.5, 0.6) is 0 Å². The Morgan fingerprint density at radius 2 is 1.80 bits per heavy atom. The van der Waals surface area contributed by atoms with Crippen LogP contribution in [0.2, 0.25) is 0 Å². The van der Waals surface area contributed by atoms with Crippen LogP contribution in [0.15, 0.2) is 53.9 Å². The second-order valence-electron chi connectivity index (χ2n) is 4.10. The number of hydrogen-bond acceptors (Lipinski definition) is 3. The first-order valence-corrected chi connectivity index (χ1v) is 7.31. The average molecular weight is 379 g/mol. The molecule has 20 heavy (non-hydrogen) atoms. The molecule has 2 aromatic rings. The van der Waals surface area contributed by atoms with Crippen LogP contribution in [0, 0.1) is 3.57 Å². The Labute approximate surface area is 131 Å². The lowest BCUT2D eigenvalue weighted by Gasteiger charge is -2.05. The van der Waals surface area contributed by atoms with Crippen LogP contribution in [0.1, 0.15) is 29.3 Å². The largest absolute Gasteiger partial charge is 0.271 e. The van der Waals surface area contributed by atoms with Gasteiger partial charge >= 0.3 is 0 Å². The van der Waals surface area contributed by atoms with E-state index in [2.05, 4.69) is 38.1 Å². The van der Waals surface area contributed by atoms with Gasteiger partial charge in [0.1, 0.15) is 0 Å². The Hall–Kier alpha value is -1.76. The lowest BCUT2D eigenvalue weighted by atomic mass is 10.1. The predicted octanol–water partition coefficient (Wildman–Crippen LogP) is 3.23. The maximum Gasteiger partial charge on any atom is 0.271 e. The zero-order valence-corrected chi connectivity index (χ0v) is 13.2. The summed E-state index contributed by atoms with van der Waals surface area (Å²) in [6.45, 7) is 2.01. The fourth-order valence-corrected chi connectivity index (χ4v) is 2.04. The van der Waals surface area contributed by atoms with Gasteiger partial charge in [0.25, 0.3) is 5.91 Å². The molecule has 1 heterocycles. The number of nitrogens with one attached hydrogen (secondary N) is 1. The molecule has 1 amide bonds. The van der Waals surface area contributed by atoms with Gasteiger partial charge in [0, 0.05) is 21.5 Å². The molecule has 0 aliphatic carbocycles. The SMILES string of the molecule is CC/C(=N\NC(=O)c1ccncc1)c1ccc(I)cc1. The smallest absolute Gasteiger partial charge is 0.267 e. The number of nitrogens with zero attached hydrogens (tertiary/aromatic N) is 2. The van der Waals surface area contributed by atoms with Gasteiger partial charge in [0.2, 0.25) is 0 Å². The highest BCUT2D eigenvalue weighted by Gasteiger charge is 2.05. The topological polar surface area (TPSA) is 54.4 Å². The Morgan fingerprint density at radius 3 is 2.40 bits per heavy atom. The van der Waals surface area contributed by atoms with Gasteiger partial charge in [-0.15, -0.1) is 0 Å². The summed E-state index contributed by atoms with van der Waals surface area (Å²) in [5, 5.41) is 4.21. The Balaban J connectivity index is 2.12.